The van der Waals surface area contributed by atoms with Crippen LogP contribution in [0.3, 0.4) is 0 Å². The van der Waals surface area contributed by atoms with Crippen molar-refractivity contribution in [1.82, 2.24) is 9.88 Å². The summed E-state index contributed by atoms with van der Waals surface area (Å²) in [5.41, 5.74) is 6.60. The summed E-state index contributed by atoms with van der Waals surface area (Å²) in [4.78, 5) is 18.9. The van der Waals surface area contributed by atoms with Crippen LogP contribution in [0.25, 0.3) is 0 Å². The van der Waals surface area contributed by atoms with Crippen LogP contribution in [-0.4, -0.2) is 41.1 Å². The number of nitrogens with two attached hydrogens (primary N) is 1. The topological polar surface area (TPSA) is 68.5 Å². The van der Waals surface area contributed by atoms with E-state index in [0.29, 0.717) is 25.8 Å². The van der Waals surface area contributed by atoms with Gasteiger partial charge in [0.25, 0.3) is 0 Å². The molecule has 2 unspecified atom stereocenters. The zero-order valence-corrected chi connectivity index (χ0v) is 11.8. The van der Waals surface area contributed by atoms with Crippen LogP contribution in [0.5, 0.6) is 0 Å². The number of hydrogen-bond donors (Lipinski definition) is 1. The Balaban J connectivity index is 1.79. The summed E-state index contributed by atoms with van der Waals surface area (Å²) in [5.74, 6) is 0.127. The van der Waals surface area contributed by atoms with Gasteiger partial charge in [0.15, 0.2) is 0 Å². The molecule has 0 radical (unpaired) electrons. The summed E-state index contributed by atoms with van der Waals surface area (Å²) in [6, 6.07) is 4.06. The molecule has 5 nitrogen and oxygen atoms in total. The maximum Gasteiger partial charge on any atom is 0.233 e. The molecule has 2 fully saturated rings. The first-order valence-electron chi connectivity index (χ1n) is 7.14. The molecule has 2 heterocycles. The van der Waals surface area contributed by atoms with Crippen LogP contribution in [0.15, 0.2) is 24.5 Å². The van der Waals surface area contributed by atoms with Crippen LogP contribution < -0.4 is 5.73 Å². The van der Waals surface area contributed by atoms with E-state index in [9.17, 15) is 4.79 Å². The second kappa shape index (κ2) is 5.14. The zero-order valence-electron chi connectivity index (χ0n) is 11.8. The molecule has 1 aliphatic heterocycles. The predicted octanol–water partition coefficient (Wildman–Crippen LogP) is 0.936. The lowest BCUT2D eigenvalue weighted by Gasteiger charge is -2.33. The third-order valence-corrected chi connectivity index (χ3v) is 4.36. The molecule has 1 aromatic heterocycles. The number of carbonyl (C=O) groups excluding carboxylic acids is 1. The van der Waals surface area contributed by atoms with Crippen molar-refractivity contribution in [2.45, 2.75) is 38.4 Å². The standard InChI is InChI=1S/C15H21N3O2/c1-15(10-20-9-13(15)16)14(19)18(12-2-3-12)8-11-4-6-17-7-5-11/h4-7,12-13H,2-3,8-10,16H2,1H3. The van der Waals surface area contributed by atoms with Gasteiger partial charge < -0.3 is 15.4 Å². The highest BCUT2D eigenvalue weighted by Crippen LogP contribution is 2.36. The molecule has 1 saturated heterocycles. The molecule has 2 atom stereocenters. The summed E-state index contributed by atoms with van der Waals surface area (Å²) in [6.45, 7) is 3.45. The molecule has 20 heavy (non-hydrogen) atoms. The Labute approximate surface area is 119 Å². The fraction of sp³-hybridized carbons (Fsp3) is 0.600. The highest BCUT2D eigenvalue weighted by atomic mass is 16.5. The van der Waals surface area contributed by atoms with Gasteiger partial charge in [-0.05, 0) is 37.5 Å². The first-order valence-corrected chi connectivity index (χ1v) is 7.14. The Morgan fingerprint density at radius 1 is 1.50 bits per heavy atom. The molecule has 0 bridgehead atoms. The fourth-order valence-electron chi connectivity index (χ4n) is 2.68. The Morgan fingerprint density at radius 2 is 2.20 bits per heavy atom. The number of carbonyl (C=O) groups is 1. The average molecular weight is 275 g/mol. The van der Waals surface area contributed by atoms with Crippen LogP contribution >= 0.6 is 0 Å². The average Bonchev–Trinajstić information content (AvgIpc) is 3.24. The fourth-order valence-corrected chi connectivity index (χ4v) is 2.68. The number of pyridine rings is 1. The second-order valence-electron chi connectivity index (χ2n) is 6.06. The number of hydrogen-bond acceptors (Lipinski definition) is 4. The summed E-state index contributed by atoms with van der Waals surface area (Å²) >= 11 is 0. The Morgan fingerprint density at radius 3 is 2.75 bits per heavy atom. The van der Waals surface area contributed by atoms with Crippen LogP contribution in [0.1, 0.15) is 25.3 Å². The van der Waals surface area contributed by atoms with Crippen molar-refractivity contribution in [3.8, 4) is 0 Å². The van der Waals surface area contributed by atoms with Gasteiger partial charge in [0.05, 0.1) is 18.6 Å². The van der Waals surface area contributed by atoms with E-state index in [1.54, 1.807) is 12.4 Å². The first kappa shape index (κ1) is 13.5. The van der Waals surface area contributed by atoms with E-state index in [2.05, 4.69) is 4.98 Å². The normalized spacial score (nSPS) is 29.4. The van der Waals surface area contributed by atoms with Gasteiger partial charge in [-0.1, -0.05) is 0 Å². The molecule has 1 aromatic rings. The van der Waals surface area contributed by atoms with Gasteiger partial charge >= 0.3 is 0 Å². The SMILES string of the molecule is CC1(C(=O)N(Cc2ccncc2)C2CC2)COCC1N. The van der Waals surface area contributed by atoms with Crippen molar-refractivity contribution in [2.75, 3.05) is 13.2 Å². The van der Waals surface area contributed by atoms with Gasteiger partial charge in [-0.2, -0.15) is 0 Å². The van der Waals surface area contributed by atoms with E-state index in [1.165, 1.54) is 0 Å². The molecule has 1 saturated carbocycles. The molecule has 2 N–H and O–H groups in total. The minimum absolute atomic E-state index is 0.127. The molecular formula is C15H21N3O2. The molecule has 1 amide bonds. The van der Waals surface area contributed by atoms with E-state index in [1.807, 2.05) is 24.0 Å². The molecular weight excluding hydrogens is 254 g/mol. The van der Waals surface area contributed by atoms with Crippen molar-refractivity contribution >= 4 is 5.91 Å². The molecule has 3 rings (SSSR count). The van der Waals surface area contributed by atoms with Crippen LogP contribution in [0.2, 0.25) is 0 Å². The number of nitrogens with zero attached hydrogens (tertiary/aromatic N) is 2. The Bertz CT molecular complexity index is 489. The van der Waals surface area contributed by atoms with Crippen LogP contribution in [0, 0.1) is 5.41 Å². The lowest BCUT2D eigenvalue weighted by atomic mass is 9.84. The van der Waals surface area contributed by atoms with Gasteiger partial charge in [-0.15, -0.1) is 0 Å². The third-order valence-electron chi connectivity index (χ3n) is 4.36. The zero-order chi connectivity index (χ0) is 14.2. The number of amides is 1. The first-order chi connectivity index (χ1) is 9.61. The van der Waals surface area contributed by atoms with Crippen molar-refractivity contribution in [1.29, 1.82) is 0 Å². The summed E-state index contributed by atoms with van der Waals surface area (Å²) in [6.07, 6.45) is 5.69. The number of ether oxygens (including phenoxy) is 1. The van der Waals surface area contributed by atoms with Crippen LogP contribution in [0.4, 0.5) is 0 Å². The minimum Gasteiger partial charge on any atom is -0.379 e. The van der Waals surface area contributed by atoms with E-state index in [-0.39, 0.29) is 11.9 Å². The quantitative estimate of drug-likeness (QED) is 0.888. The maximum absolute atomic E-state index is 12.9. The summed E-state index contributed by atoms with van der Waals surface area (Å²) in [5, 5.41) is 0. The highest BCUT2D eigenvalue weighted by molar-refractivity contribution is 5.84. The largest absolute Gasteiger partial charge is 0.379 e. The van der Waals surface area contributed by atoms with E-state index in [0.717, 1.165) is 18.4 Å². The monoisotopic (exact) mass is 275 g/mol. The summed E-state index contributed by atoms with van der Waals surface area (Å²) < 4.78 is 5.41. The molecule has 5 heteroatoms. The van der Waals surface area contributed by atoms with Gasteiger partial charge in [0.2, 0.25) is 5.91 Å². The maximum atomic E-state index is 12.9. The van der Waals surface area contributed by atoms with Crippen LogP contribution in [-0.2, 0) is 16.1 Å². The van der Waals surface area contributed by atoms with Gasteiger partial charge in [-0.25, -0.2) is 0 Å². The predicted molar refractivity (Wildman–Crippen MR) is 74.7 cm³/mol. The minimum atomic E-state index is -0.588. The van der Waals surface area contributed by atoms with Crippen molar-refractivity contribution in [2.24, 2.45) is 11.1 Å². The molecule has 1 aliphatic carbocycles. The molecule has 108 valence electrons. The number of aromatic nitrogens is 1. The second-order valence-corrected chi connectivity index (χ2v) is 6.06. The van der Waals surface area contributed by atoms with Crippen molar-refractivity contribution in [3.05, 3.63) is 30.1 Å². The summed E-state index contributed by atoms with van der Waals surface area (Å²) in [7, 11) is 0. The lowest BCUT2D eigenvalue weighted by molar-refractivity contribution is -0.143. The molecule has 0 aromatic carbocycles. The smallest absolute Gasteiger partial charge is 0.233 e. The van der Waals surface area contributed by atoms with Crippen molar-refractivity contribution in [3.63, 3.8) is 0 Å². The Kier molecular flexibility index (Phi) is 3.48. The number of rotatable bonds is 4. The highest BCUT2D eigenvalue weighted by Gasteiger charge is 2.48. The third kappa shape index (κ3) is 2.43. The molecule has 2 aliphatic rings. The van der Waals surface area contributed by atoms with Crippen molar-refractivity contribution < 1.29 is 9.53 Å². The van der Waals surface area contributed by atoms with Gasteiger partial charge in [0.1, 0.15) is 0 Å². The lowest BCUT2D eigenvalue weighted by Crippen LogP contribution is -2.51. The van der Waals surface area contributed by atoms with E-state index >= 15 is 0 Å². The van der Waals surface area contributed by atoms with Gasteiger partial charge in [-0.3, -0.25) is 9.78 Å². The van der Waals surface area contributed by atoms with Gasteiger partial charge in [0, 0.05) is 31.0 Å². The molecule has 0 spiro atoms. The Hall–Kier alpha value is -1.46. The van der Waals surface area contributed by atoms with E-state index < -0.39 is 5.41 Å². The van der Waals surface area contributed by atoms with E-state index in [4.69, 9.17) is 10.5 Å².